The fraction of sp³-hybridized carbons (Fsp3) is 0.182. The Morgan fingerprint density at radius 2 is 2.00 bits per heavy atom. The summed E-state index contributed by atoms with van der Waals surface area (Å²) >= 11 is 0. The molecule has 1 aromatic carbocycles. The van der Waals surface area contributed by atoms with Crippen molar-refractivity contribution in [1.29, 1.82) is 0 Å². The van der Waals surface area contributed by atoms with Crippen LogP contribution < -0.4 is 5.73 Å². The molecule has 0 aliphatic rings. The van der Waals surface area contributed by atoms with Crippen LogP contribution in [0.1, 0.15) is 5.56 Å². The van der Waals surface area contributed by atoms with E-state index in [4.69, 9.17) is 10.8 Å². The lowest BCUT2D eigenvalue weighted by molar-refractivity contribution is -0.142. The molecule has 0 fully saturated rings. The van der Waals surface area contributed by atoms with Gasteiger partial charge in [-0.15, -0.1) is 0 Å². The van der Waals surface area contributed by atoms with E-state index >= 15 is 0 Å². The van der Waals surface area contributed by atoms with Crippen LogP contribution in [-0.4, -0.2) is 16.6 Å². The molecule has 0 saturated heterocycles. The molecule has 0 bridgehead atoms. The Kier molecular flexibility index (Phi) is 3.21. The highest BCUT2D eigenvalue weighted by atomic mass is 19.1. The van der Waals surface area contributed by atoms with Crippen LogP contribution in [0.3, 0.4) is 0 Å². The Morgan fingerprint density at radius 3 is 2.40 bits per heavy atom. The van der Waals surface area contributed by atoms with Crippen LogP contribution in [0.15, 0.2) is 42.7 Å². The summed E-state index contributed by atoms with van der Waals surface area (Å²) < 4.78 is 13.0. The second-order valence-corrected chi connectivity index (χ2v) is 3.34. The van der Waals surface area contributed by atoms with Crippen LogP contribution in [0.25, 0.3) is 0 Å². The summed E-state index contributed by atoms with van der Waals surface area (Å²) in [7, 11) is 0. The Morgan fingerprint density at radius 1 is 1.47 bits per heavy atom. The van der Waals surface area contributed by atoms with Crippen molar-refractivity contribution < 1.29 is 14.3 Å². The summed E-state index contributed by atoms with van der Waals surface area (Å²) in [5.74, 6) is -2.46. The number of aliphatic carboxylic acids is 1. The van der Waals surface area contributed by atoms with Crippen LogP contribution in [0.5, 0.6) is 0 Å². The molecule has 0 unspecified atom stereocenters. The number of benzene rings is 1. The van der Waals surface area contributed by atoms with Crippen molar-refractivity contribution in [3.63, 3.8) is 0 Å². The van der Waals surface area contributed by atoms with E-state index < -0.39 is 17.3 Å². The van der Waals surface area contributed by atoms with E-state index in [1.807, 2.05) is 0 Å². The molecule has 0 aliphatic carbocycles. The van der Waals surface area contributed by atoms with Crippen LogP contribution in [0.2, 0.25) is 0 Å². The van der Waals surface area contributed by atoms with Gasteiger partial charge in [0.1, 0.15) is 5.83 Å². The van der Waals surface area contributed by atoms with Gasteiger partial charge in [0.25, 0.3) is 0 Å². The molecule has 0 aromatic heterocycles. The van der Waals surface area contributed by atoms with E-state index in [1.165, 1.54) is 0 Å². The number of hydrogen-bond acceptors (Lipinski definition) is 2. The lowest BCUT2D eigenvalue weighted by Crippen LogP contribution is -2.50. The molecule has 0 saturated carbocycles. The standard InChI is InChI=1S/C11H12FNO2/c1-8(12)11(13,10(14)15)7-9-5-3-2-4-6-9/h2-6H,1,7,13H2,(H,14,15)/t11-/m1/s1. The summed E-state index contributed by atoms with van der Waals surface area (Å²) in [5, 5.41) is 8.84. The zero-order chi connectivity index (χ0) is 11.5. The number of carboxylic acids is 1. The largest absolute Gasteiger partial charge is 0.480 e. The maximum Gasteiger partial charge on any atom is 0.331 e. The first-order chi connectivity index (χ1) is 6.97. The monoisotopic (exact) mass is 209 g/mol. The second kappa shape index (κ2) is 4.23. The number of carbonyl (C=O) groups is 1. The maximum atomic E-state index is 13.0. The summed E-state index contributed by atoms with van der Waals surface area (Å²) in [6.07, 6.45) is -0.113. The topological polar surface area (TPSA) is 63.3 Å². The van der Waals surface area contributed by atoms with Gasteiger partial charge >= 0.3 is 5.97 Å². The van der Waals surface area contributed by atoms with Gasteiger partial charge in [0.15, 0.2) is 5.54 Å². The van der Waals surface area contributed by atoms with Crippen LogP contribution in [-0.2, 0) is 11.2 Å². The number of hydrogen-bond donors (Lipinski definition) is 2. The highest BCUT2D eigenvalue weighted by Gasteiger charge is 2.38. The molecule has 4 heteroatoms. The van der Waals surface area contributed by atoms with Gasteiger partial charge in [-0.25, -0.2) is 9.18 Å². The molecule has 3 nitrogen and oxygen atoms in total. The van der Waals surface area contributed by atoms with Crippen molar-refractivity contribution in [3.8, 4) is 0 Å². The van der Waals surface area contributed by atoms with E-state index in [9.17, 15) is 9.18 Å². The first-order valence-corrected chi connectivity index (χ1v) is 4.38. The number of halogens is 1. The maximum absolute atomic E-state index is 13.0. The van der Waals surface area contributed by atoms with Gasteiger partial charge in [-0.2, -0.15) is 0 Å². The van der Waals surface area contributed by atoms with Gasteiger partial charge < -0.3 is 10.8 Å². The van der Waals surface area contributed by atoms with Crippen molar-refractivity contribution in [1.82, 2.24) is 0 Å². The fourth-order valence-electron chi connectivity index (χ4n) is 1.21. The first kappa shape index (κ1) is 11.4. The molecule has 80 valence electrons. The summed E-state index contributed by atoms with van der Waals surface area (Å²) in [6, 6.07) is 8.63. The van der Waals surface area contributed by atoms with Crippen molar-refractivity contribution in [3.05, 3.63) is 48.3 Å². The van der Waals surface area contributed by atoms with E-state index in [-0.39, 0.29) is 6.42 Å². The summed E-state index contributed by atoms with van der Waals surface area (Å²) in [6.45, 7) is 2.97. The average Bonchev–Trinajstić information content (AvgIpc) is 2.18. The van der Waals surface area contributed by atoms with Gasteiger partial charge in [0.05, 0.1) is 0 Å². The molecule has 0 amide bonds. The van der Waals surface area contributed by atoms with Gasteiger partial charge in [0, 0.05) is 6.42 Å². The molecule has 3 N–H and O–H groups in total. The Labute approximate surface area is 87.0 Å². The molecule has 15 heavy (non-hydrogen) atoms. The molecule has 0 radical (unpaired) electrons. The minimum absolute atomic E-state index is 0.113. The predicted octanol–water partition coefficient (Wildman–Crippen LogP) is 1.49. The smallest absolute Gasteiger partial charge is 0.331 e. The third-order valence-electron chi connectivity index (χ3n) is 2.19. The molecule has 1 rings (SSSR count). The van der Waals surface area contributed by atoms with Gasteiger partial charge in [-0.05, 0) is 5.56 Å². The highest BCUT2D eigenvalue weighted by molar-refractivity contribution is 5.82. The lowest BCUT2D eigenvalue weighted by atomic mass is 9.91. The molecule has 1 aromatic rings. The van der Waals surface area contributed by atoms with Crippen LogP contribution >= 0.6 is 0 Å². The number of rotatable bonds is 4. The summed E-state index contributed by atoms with van der Waals surface area (Å²) in [5.41, 5.74) is 4.06. The Bertz CT molecular complexity index is 361. The van der Waals surface area contributed by atoms with Gasteiger partial charge in [-0.3, -0.25) is 0 Å². The highest BCUT2D eigenvalue weighted by Crippen LogP contribution is 2.19. The Balaban J connectivity index is 2.95. The minimum atomic E-state index is -2.04. The van der Waals surface area contributed by atoms with E-state index in [2.05, 4.69) is 6.58 Å². The van der Waals surface area contributed by atoms with E-state index in [1.54, 1.807) is 30.3 Å². The molecular formula is C11H12FNO2. The first-order valence-electron chi connectivity index (χ1n) is 4.38. The third-order valence-corrected chi connectivity index (χ3v) is 2.19. The molecule has 0 heterocycles. The lowest BCUT2D eigenvalue weighted by Gasteiger charge is -2.22. The van der Waals surface area contributed by atoms with Crippen molar-refractivity contribution in [2.24, 2.45) is 5.73 Å². The van der Waals surface area contributed by atoms with Gasteiger partial charge in [0.2, 0.25) is 0 Å². The zero-order valence-corrected chi connectivity index (χ0v) is 8.11. The SMILES string of the molecule is C=C(F)[C@](N)(Cc1ccccc1)C(=O)O. The number of carboxylic acid groups (broad SMARTS) is 1. The Hall–Kier alpha value is -1.68. The second-order valence-electron chi connectivity index (χ2n) is 3.34. The quantitative estimate of drug-likeness (QED) is 0.789. The van der Waals surface area contributed by atoms with Crippen molar-refractivity contribution in [2.75, 3.05) is 0 Å². The molecule has 1 atom stereocenters. The van der Waals surface area contributed by atoms with Crippen molar-refractivity contribution >= 4 is 5.97 Å². The summed E-state index contributed by atoms with van der Waals surface area (Å²) in [4.78, 5) is 10.8. The fourth-order valence-corrected chi connectivity index (χ4v) is 1.21. The van der Waals surface area contributed by atoms with Crippen LogP contribution in [0.4, 0.5) is 4.39 Å². The van der Waals surface area contributed by atoms with E-state index in [0.717, 1.165) is 0 Å². The number of nitrogens with two attached hydrogens (primary N) is 1. The van der Waals surface area contributed by atoms with Crippen LogP contribution in [0, 0.1) is 0 Å². The van der Waals surface area contributed by atoms with E-state index in [0.29, 0.717) is 5.56 Å². The van der Waals surface area contributed by atoms with Gasteiger partial charge in [-0.1, -0.05) is 36.9 Å². The predicted molar refractivity (Wildman–Crippen MR) is 54.9 cm³/mol. The normalized spacial score (nSPS) is 14.3. The molecule has 0 spiro atoms. The minimum Gasteiger partial charge on any atom is -0.480 e. The molecule has 0 aliphatic heterocycles. The third kappa shape index (κ3) is 2.41. The average molecular weight is 209 g/mol. The van der Waals surface area contributed by atoms with Crippen molar-refractivity contribution in [2.45, 2.75) is 12.0 Å². The molecular weight excluding hydrogens is 197 g/mol. The zero-order valence-electron chi connectivity index (χ0n) is 8.11.